The van der Waals surface area contributed by atoms with Crippen molar-refractivity contribution < 1.29 is 22.6 Å². The molecule has 2 aliphatic rings. The maximum atomic E-state index is 12.9. The van der Waals surface area contributed by atoms with Gasteiger partial charge in [-0.25, -0.2) is 8.42 Å². The zero-order valence-electron chi connectivity index (χ0n) is 13.6. The van der Waals surface area contributed by atoms with Crippen LogP contribution in [-0.4, -0.2) is 53.7 Å². The highest BCUT2D eigenvalue weighted by atomic mass is 32.2. The molecule has 0 bridgehead atoms. The predicted molar refractivity (Wildman–Crippen MR) is 87.7 cm³/mol. The molecule has 2 heterocycles. The van der Waals surface area contributed by atoms with Crippen LogP contribution >= 0.6 is 0 Å². The summed E-state index contributed by atoms with van der Waals surface area (Å²) >= 11 is 0. The summed E-state index contributed by atoms with van der Waals surface area (Å²) in [6.45, 7) is 3.77. The van der Waals surface area contributed by atoms with E-state index in [1.54, 1.807) is 7.11 Å². The van der Waals surface area contributed by atoms with Crippen LogP contribution in [0.3, 0.4) is 0 Å². The summed E-state index contributed by atoms with van der Waals surface area (Å²) in [6, 6.07) is 3.81. The van der Waals surface area contributed by atoms with Crippen molar-refractivity contribution in [1.29, 1.82) is 0 Å². The van der Waals surface area contributed by atoms with Gasteiger partial charge in [0.25, 0.3) is 0 Å². The first-order chi connectivity index (χ1) is 11.0. The molecule has 2 aliphatic heterocycles. The van der Waals surface area contributed by atoms with Gasteiger partial charge in [0.15, 0.2) is 0 Å². The van der Waals surface area contributed by atoms with E-state index in [1.807, 2.05) is 19.1 Å². The number of methoxy groups -OCH3 is 1. The van der Waals surface area contributed by atoms with Gasteiger partial charge in [-0.1, -0.05) is 6.07 Å². The fourth-order valence-corrected chi connectivity index (χ4v) is 4.94. The molecule has 0 radical (unpaired) electrons. The monoisotopic (exact) mass is 341 g/mol. The van der Waals surface area contributed by atoms with Gasteiger partial charge in [-0.05, 0) is 37.0 Å². The average Bonchev–Trinajstić information content (AvgIpc) is 2.55. The normalized spacial score (nSPS) is 21.8. The van der Waals surface area contributed by atoms with E-state index < -0.39 is 16.1 Å². The largest absolute Gasteiger partial charge is 0.495 e. The van der Waals surface area contributed by atoms with Crippen LogP contribution in [0.4, 0.5) is 5.69 Å². The molecule has 1 aromatic rings. The number of rotatable bonds is 4. The fourth-order valence-electron chi connectivity index (χ4n) is 3.22. The Morgan fingerprint density at radius 2 is 2.17 bits per heavy atom. The van der Waals surface area contributed by atoms with Crippen LogP contribution in [-0.2, 0) is 25.9 Å². The summed E-state index contributed by atoms with van der Waals surface area (Å²) in [6.07, 6.45) is 1.27. The topological polar surface area (TPSA) is 65.1 Å². The number of sulfonamides is 1. The Kier molecular flexibility index (Phi) is 4.79. The van der Waals surface area contributed by atoms with Gasteiger partial charge in [0.2, 0.25) is 10.0 Å². The maximum Gasteiger partial charge on any atom is 0.237 e. The molecule has 1 fully saturated rings. The van der Waals surface area contributed by atoms with E-state index in [2.05, 4.69) is 0 Å². The number of hydrogen-bond acceptors (Lipinski definition) is 5. The fraction of sp³-hybridized carbons (Fsp3) is 0.625. The molecule has 128 valence electrons. The quantitative estimate of drug-likeness (QED) is 0.830. The SMILES string of the molecule is COc1ccc(C)c2c1N(S(=O)(=O)CC1COCCO1)CCC2. The lowest BCUT2D eigenvalue weighted by atomic mass is 9.98. The highest BCUT2D eigenvalue weighted by Gasteiger charge is 2.33. The van der Waals surface area contributed by atoms with Gasteiger partial charge in [0, 0.05) is 6.54 Å². The van der Waals surface area contributed by atoms with Crippen molar-refractivity contribution in [3.63, 3.8) is 0 Å². The summed E-state index contributed by atoms with van der Waals surface area (Å²) in [5.41, 5.74) is 2.84. The van der Waals surface area contributed by atoms with Crippen LogP contribution in [0.15, 0.2) is 12.1 Å². The number of benzene rings is 1. The third-order valence-electron chi connectivity index (χ3n) is 4.35. The highest BCUT2D eigenvalue weighted by Crippen LogP contribution is 2.39. The summed E-state index contributed by atoms with van der Waals surface area (Å²) in [4.78, 5) is 0. The van der Waals surface area contributed by atoms with Crippen molar-refractivity contribution in [3.8, 4) is 5.75 Å². The van der Waals surface area contributed by atoms with Gasteiger partial charge in [0.1, 0.15) is 5.75 Å². The second-order valence-electron chi connectivity index (χ2n) is 5.93. The van der Waals surface area contributed by atoms with Crippen molar-refractivity contribution in [1.82, 2.24) is 0 Å². The molecule has 0 amide bonds. The molecule has 1 aromatic carbocycles. The third kappa shape index (κ3) is 3.32. The number of nitrogens with zero attached hydrogens (tertiary/aromatic N) is 1. The molecule has 23 heavy (non-hydrogen) atoms. The molecular formula is C16H23NO5S. The van der Waals surface area contributed by atoms with Crippen molar-refractivity contribution in [2.45, 2.75) is 25.9 Å². The van der Waals surface area contributed by atoms with E-state index >= 15 is 0 Å². The van der Waals surface area contributed by atoms with Gasteiger partial charge in [-0.2, -0.15) is 0 Å². The van der Waals surface area contributed by atoms with Gasteiger partial charge in [0.05, 0.1) is 44.5 Å². The molecule has 1 saturated heterocycles. The van der Waals surface area contributed by atoms with Crippen molar-refractivity contribution in [3.05, 3.63) is 23.3 Å². The Bertz CT molecular complexity index is 667. The molecule has 0 N–H and O–H groups in total. The van der Waals surface area contributed by atoms with E-state index in [9.17, 15) is 8.42 Å². The number of ether oxygens (including phenoxy) is 3. The molecule has 0 saturated carbocycles. The van der Waals surface area contributed by atoms with Gasteiger partial charge in [-0.3, -0.25) is 4.31 Å². The van der Waals surface area contributed by atoms with Crippen LogP contribution < -0.4 is 9.04 Å². The molecule has 1 unspecified atom stereocenters. The standard InChI is InChI=1S/C16H23NO5S/c1-12-5-6-15(20-2)16-14(12)4-3-7-17(16)23(18,19)11-13-10-21-8-9-22-13/h5-6,13H,3-4,7-11H2,1-2H3. The van der Waals surface area contributed by atoms with Crippen LogP contribution in [0.2, 0.25) is 0 Å². The van der Waals surface area contributed by atoms with E-state index in [0.29, 0.717) is 37.8 Å². The molecule has 3 rings (SSSR count). The number of hydrogen-bond donors (Lipinski definition) is 0. The van der Waals surface area contributed by atoms with Gasteiger partial charge in [-0.15, -0.1) is 0 Å². The van der Waals surface area contributed by atoms with E-state index in [0.717, 1.165) is 24.0 Å². The molecule has 6 nitrogen and oxygen atoms in total. The zero-order valence-corrected chi connectivity index (χ0v) is 14.4. The molecule has 0 aliphatic carbocycles. The second kappa shape index (κ2) is 6.67. The third-order valence-corrected chi connectivity index (χ3v) is 6.18. The summed E-state index contributed by atoms with van der Waals surface area (Å²) < 4.78 is 43.6. The number of anilines is 1. The van der Waals surface area contributed by atoms with Crippen LogP contribution in [0.5, 0.6) is 5.75 Å². The first-order valence-electron chi connectivity index (χ1n) is 7.89. The minimum Gasteiger partial charge on any atom is -0.495 e. The van der Waals surface area contributed by atoms with Gasteiger partial charge < -0.3 is 14.2 Å². The first kappa shape index (κ1) is 16.5. The smallest absolute Gasteiger partial charge is 0.237 e. The lowest BCUT2D eigenvalue weighted by Gasteiger charge is -2.34. The highest BCUT2D eigenvalue weighted by molar-refractivity contribution is 7.92. The zero-order chi connectivity index (χ0) is 16.4. The number of fused-ring (bicyclic) bond motifs is 1. The van der Waals surface area contributed by atoms with E-state index in [4.69, 9.17) is 14.2 Å². The van der Waals surface area contributed by atoms with Crippen molar-refractivity contribution >= 4 is 15.7 Å². The second-order valence-corrected chi connectivity index (χ2v) is 7.87. The van der Waals surface area contributed by atoms with Crippen molar-refractivity contribution in [2.24, 2.45) is 0 Å². The molecule has 0 aromatic heterocycles. The van der Waals surface area contributed by atoms with Crippen LogP contribution in [0.25, 0.3) is 0 Å². The first-order valence-corrected chi connectivity index (χ1v) is 9.50. The molecular weight excluding hydrogens is 318 g/mol. The Hall–Kier alpha value is -1.31. The minimum absolute atomic E-state index is 0.0659. The molecule has 0 spiro atoms. The minimum atomic E-state index is -3.50. The number of aryl methyl sites for hydroxylation is 1. The van der Waals surface area contributed by atoms with E-state index in [-0.39, 0.29) is 5.75 Å². The van der Waals surface area contributed by atoms with Crippen LogP contribution in [0.1, 0.15) is 17.5 Å². The summed E-state index contributed by atoms with van der Waals surface area (Å²) in [5.74, 6) is 0.540. The molecule has 1 atom stereocenters. The maximum absolute atomic E-state index is 12.9. The van der Waals surface area contributed by atoms with Crippen molar-refractivity contribution in [2.75, 3.05) is 43.5 Å². The molecule has 7 heteroatoms. The Labute approximate surface area is 137 Å². The lowest BCUT2D eigenvalue weighted by Crippen LogP contribution is -2.43. The summed E-state index contributed by atoms with van der Waals surface area (Å²) in [5, 5.41) is 0. The average molecular weight is 341 g/mol. The Morgan fingerprint density at radius 1 is 1.35 bits per heavy atom. The predicted octanol–water partition coefficient (Wildman–Crippen LogP) is 1.50. The van der Waals surface area contributed by atoms with Crippen LogP contribution in [0, 0.1) is 6.92 Å². The summed E-state index contributed by atoms with van der Waals surface area (Å²) in [7, 11) is -1.93. The van der Waals surface area contributed by atoms with Gasteiger partial charge >= 0.3 is 0 Å². The van der Waals surface area contributed by atoms with E-state index in [1.165, 1.54) is 4.31 Å². The Morgan fingerprint density at radius 3 is 2.87 bits per heavy atom. The lowest BCUT2D eigenvalue weighted by molar-refractivity contribution is -0.0782. The Balaban J connectivity index is 1.93.